The van der Waals surface area contributed by atoms with Crippen molar-refractivity contribution in [3.05, 3.63) is 21.8 Å². The molecule has 2 rings (SSSR count). The van der Waals surface area contributed by atoms with Gasteiger partial charge in [0.05, 0.1) is 17.1 Å². The van der Waals surface area contributed by atoms with Gasteiger partial charge in [-0.05, 0) is 28.4 Å². The molecular formula is C14H18BrClN4. The van der Waals surface area contributed by atoms with E-state index in [1.54, 1.807) is 6.20 Å². The average Bonchev–Trinajstić information content (AvgIpc) is 2.45. The van der Waals surface area contributed by atoms with Crippen molar-refractivity contribution in [3.8, 4) is 6.07 Å². The molecule has 0 radical (unpaired) electrons. The normalized spacial score (nSPS) is 17.8. The number of hydrogen-bond acceptors (Lipinski definition) is 4. The lowest BCUT2D eigenvalue weighted by atomic mass is 10.1. The highest BCUT2D eigenvalue weighted by Crippen LogP contribution is 2.27. The number of rotatable bonds is 4. The van der Waals surface area contributed by atoms with E-state index in [0.29, 0.717) is 5.02 Å². The molecule has 20 heavy (non-hydrogen) atoms. The van der Waals surface area contributed by atoms with Gasteiger partial charge in [-0.25, -0.2) is 4.98 Å². The van der Waals surface area contributed by atoms with Crippen LogP contribution in [0.3, 0.4) is 0 Å². The predicted octanol–water partition coefficient (Wildman–Crippen LogP) is 3.31. The van der Waals surface area contributed by atoms with Crippen LogP contribution in [0.4, 0.5) is 5.82 Å². The predicted molar refractivity (Wildman–Crippen MR) is 85.0 cm³/mol. The van der Waals surface area contributed by atoms with Crippen LogP contribution in [0, 0.1) is 11.3 Å². The van der Waals surface area contributed by atoms with Crippen molar-refractivity contribution in [2.45, 2.75) is 25.8 Å². The summed E-state index contributed by atoms with van der Waals surface area (Å²) >= 11 is 9.60. The minimum absolute atomic E-state index is 0.0375. The molecule has 0 amide bonds. The van der Waals surface area contributed by atoms with Crippen LogP contribution < -0.4 is 4.90 Å². The zero-order valence-corrected chi connectivity index (χ0v) is 13.9. The number of nitriles is 1. The molecule has 0 saturated carbocycles. The van der Waals surface area contributed by atoms with Gasteiger partial charge in [0.1, 0.15) is 5.82 Å². The highest BCUT2D eigenvalue weighted by atomic mass is 79.9. The van der Waals surface area contributed by atoms with Gasteiger partial charge >= 0.3 is 0 Å². The van der Waals surface area contributed by atoms with Crippen LogP contribution in [-0.2, 0) is 0 Å². The van der Waals surface area contributed by atoms with Crippen molar-refractivity contribution in [1.29, 1.82) is 5.26 Å². The molecule has 1 aromatic rings. The maximum absolute atomic E-state index is 9.22. The Kier molecular flexibility index (Phi) is 5.64. The molecule has 1 aliphatic heterocycles. The van der Waals surface area contributed by atoms with Crippen LogP contribution in [-0.4, -0.2) is 42.1 Å². The Morgan fingerprint density at radius 2 is 2.15 bits per heavy atom. The van der Waals surface area contributed by atoms with E-state index in [0.717, 1.165) is 49.3 Å². The largest absolute Gasteiger partial charge is 0.353 e. The SMILES string of the molecule is CCCC(C#N)N1CCN(c2ncc(Br)cc2Cl)CC1. The molecule has 0 spiro atoms. The third-order valence-electron chi connectivity index (χ3n) is 3.55. The second-order valence-electron chi connectivity index (χ2n) is 4.92. The molecule has 1 aliphatic rings. The smallest absolute Gasteiger partial charge is 0.147 e. The standard InChI is InChI=1S/C14H18BrClN4/c1-2-3-12(9-17)19-4-6-20(7-5-19)14-13(16)8-11(15)10-18-14/h8,10,12H,2-7H2,1H3. The number of pyridine rings is 1. The van der Waals surface area contributed by atoms with Crippen LogP contribution in [0.1, 0.15) is 19.8 Å². The van der Waals surface area contributed by atoms with Gasteiger partial charge in [0, 0.05) is 36.8 Å². The first kappa shape index (κ1) is 15.6. The second-order valence-corrected chi connectivity index (χ2v) is 6.24. The molecule has 1 unspecified atom stereocenters. The van der Waals surface area contributed by atoms with E-state index in [-0.39, 0.29) is 6.04 Å². The molecule has 1 fully saturated rings. The lowest BCUT2D eigenvalue weighted by Gasteiger charge is -2.37. The van der Waals surface area contributed by atoms with E-state index in [2.05, 4.69) is 43.7 Å². The summed E-state index contributed by atoms with van der Waals surface area (Å²) in [5.41, 5.74) is 0. The summed E-state index contributed by atoms with van der Waals surface area (Å²) in [6.07, 6.45) is 3.75. The van der Waals surface area contributed by atoms with E-state index in [4.69, 9.17) is 11.6 Å². The van der Waals surface area contributed by atoms with E-state index in [1.165, 1.54) is 0 Å². The van der Waals surface area contributed by atoms with E-state index < -0.39 is 0 Å². The fraction of sp³-hybridized carbons (Fsp3) is 0.571. The molecule has 4 nitrogen and oxygen atoms in total. The van der Waals surface area contributed by atoms with Crippen LogP contribution in [0.25, 0.3) is 0 Å². The summed E-state index contributed by atoms with van der Waals surface area (Å²) in [6.45, 7) is 5.59. The second kappa shape index (κ2) is 7.26. The van der Waals surface area contributed by atoms with Gasteiger partial charge in [0.15, 0.2) is 0 Å². The molecule has 1 atom stereocenters. The first-order valence-corrected chi connectivity index (χ1v) is 8.02. The quantitative estimate of drug-likeness (QED) is 0.829. The lowest BCUT2D eigenvalue weighted by molar-refractivity contribution is 0.211. The molecule has 2 heterocycles. The van der Waals surface area contributed by atoms with Crippen LogP contribution in [0.5, 0.6) is 0 Å². The summed E-state index contributed by atoms with van der Waals surface area (Å²) in [4.78, 5) is 8.83. The fourth-order valence-corrected chi connectivity index (χ4v) is 3.24. The Bertz CT molecular complexity index is 494. The molecule has 6 heteroatoms. The van der Waals surface area contributed by atoms with Gasteiger partial charge in [-0.1, -0.05) is 24.9 Å². The Hall–Kier alpha value is -0.830. The lowest BCUT2D eigenvalue weighted by Crippen LogP contribution is -2.50. The topological polar surface area (TPSA) is 43.2 Å². The van der Waals surface area contributed by atoms with Crippen molar-refractivity contribution in [1.82, 2.24) is 9.88 Å². The number of nitrogens with zero attached hydrogens (tertiary/aromatic N) is 4. The maximum atomic E-state index is 9.22. The highest BCUT2D eigenvalue weighted by molar-refractivity contribution is 9.10. The third-order valence-corrected chi connectivity index (χ3v) is 4.27. The molecular weight excluding hydrogens is 340 g/mol. The van der Waals surface area contributed by atoms with Gasteiger partial charge in [-0.15, -0.1) is 0 Å². The van der Waals surface area contributed by atoms with Crippen molar-refractivity contribution in [2.24, 2.45) is 0 Å². The number of piperazine rings is 1. The summed E-state index contributed by atoms with van der Waals surface area (Å²) in [5, 5.41) is 9.89. The first-order chi connectivity index (χ1) is 9.65. The van der Waals surface area contributed by atoms with Gasteiger partial charge in [0.25, 0.3) is 0 Å². The molecule has 108 valence electrons. The Balaban J connectivity index is 1.99. The number of aromatic nitrogens is 1. The van der Waals surface area contributed by atoms with Crippen molar-refractivity contribution in [3.63, 3.8) is 0 Å². The summed E-state index contributed by atoms with van der Waals surface area (Å²) in [6, 6.07) is 4.31. The van der Waals surface area contributed by atoms with Gasteiger partial charge < -0.3 is 4.90 Å². The molecule has 0 aromatic carbocycles. The molecule has 0 aliphatic carbocycles. The summed E-state index contributed by atoms with van der Waals surface area (Å²) < 4.78 is 0.886. The molecule has 0 bridgehead atoms. The van der Waals surface area contributed by atoms with Crippen molar-refractivity contribution < 1.29 is 0 Å². The fourth-order valence-electron chi connectivity index (χ4n) is 2.49. The summed E-state index contributed by atoms with van der Waals surface area (Å²) in [7, 11) is 0. The zero-order valence-electron chi connectivity index (χ0n) is 11.5. The Morgan fingerprint density at radius 1 is 1.45 bits per heavy atom. The van der Waals surface area contributed by atoms with Crippen LogP contribution >= 0.6 is 27.5 Å². The molecule has 0 N–H and O–H groups in total. The third kappa shape index (κ3) is 3.63. The van der Waals surface area contributed by atoms with Crippen LogP contribution in [0.2, 0.25) is 5.02 Å². The average molecular weight is 358 g/mol. The van der Waals surface area contributed by atoms with E-state index in [1.807, 2.05) is 6.07 Å². The number of hydrogen-bond donors (Lipinski definition) is 0. The Labute approximate surface area is 133 Å². The molecule has 1 saturated heterocycles. The van der Waals surface area contributed by atoms with Gasteiger partial charge in [0.2, 0.25) is 0 Å². The minimum Gasteiger partial charge on any atom is -0.353 e. The minimum atomic E-state index is 0.0375. The van der Waals surface area contributed by atoms with Crippen LogP contribution in [0.15, 0.2) is 16.7 Å². The Morgan fingerprint density at radius 3 is 2.70 bits per heavy atom. The monoisotopic (exact) mass is 356 g/mol. The zero-order chi connectivity index (χ0) is 14.5. The number of anilines is 1. The van der Waals surface area contributed by atoms with Crippen molar-refractivity contribution >= 4 is 33.3 Å². The maximum Gasteiger partial charge on any atom is 0.147 e. The molecule has 1 aromatic heterocycles. The van der Waals surface area contributed by atoms with Crippen molar-refractivity contribution in [2.75, 3.05) is 31.1 Å². The first-order valence-electron chi connectivity index (χ1n) is 6.85. The van der Waals surface area contributed by atoms with Gasteiger partial charge in [-0.2, -0.15) is 5.26 Å². The van der Waals surface area contributed by atoms with Gasteiger partial charge in [-0.3, -0.25) is 4.90 Å². The summed E-state index contributed by atoms with van der Waals surface area (Å²) in [5.74, 6) is 0.832. The van der Waals surface area contributed by atoms with E-state index >= 15 is 0 Å². The van der Waals surface area contributed by atoms with E-state index in [9.17, 15) is 5.26 Å². The number of halogens is 2. The highest BCUT2D eigenvalue weighted by Gasteiger charge is 2.24.